The number of fused-ring (bicyclic) bond motifs is 1. The Balaban J connectivity index is 1.10. The van der Waals surface area contributed by atoms with E-state index in [4.69, 9.17) is 18.6 Å². The van der Waals surface area contributed by atoms with Crippen molar-refractivity contribution >= 4 is 23.4 Å². The largest absolute Gasteiger partial charge is 0.484 e. The van der Waals surface area contributed by atoms with Gasteiger partial charge in [-0.25, -0.2) is 4.39 Å². The normalized spacial score (nSPS) is 16.0. The summed E-state index contributed by atoms with van der Waals surface area (Å²) in [6.07, 6.45) is 5.13. The molecule has 1 fully saturated rings. The van der Waals surface area contributed by atoms with Gasteiger partial charge in [0.25, 0.3) is 16.9 Å². The van der Waals surface area contributed by atoms with Gasteiger partial charge >= 0.3 is 0 Å². The molecule has 5 rings (SSSR count). The van der Waals surface area contributed by atoms with Crippen LogP contribution in [-0.4, -0.2) is 27.6 Å². The van der Waals surface area contributed by atoms with Crippen LogP contribution in [0.2, 0.25) is 0 Å². The van der Waals surface area contributed by atoms with Crippen molar-refractivity contribution in [3.63, 3.8) is 0 Å². The van der Waals surface area contributed by atoms with E-state index in [0.717, 1.165) is 37.4 Å². The van der Waals surface area contributed by atoms with Crippen molar-refractivity contribution in [3.05, 3.63) is 54.2 Å². The molecule has 0 radical (unpaired) electrons. The number of hydrogen-bond donors (Lipinski definition) is 1. The molecule has 172 valence electrons. The zero-order valence-corrected chi connectivity index (χ0v) is 18.5. The molecule has 2 heterocycles. The molecule has 8 nitrogen and oxygen atoms in total. The van der Waals surface area contributed by atoms with Crippen LogP contribution in [0.25, 0.3) is 0 Å². The predicted molar refractivity (Wildman–Crippen MR) is 118 cm³/mol. The van der Waals surface area contributed by atoms with Crippen LogP contribution in [0.15, 0.2) is 52.1 Å². The maximum Gasteiger partial charge on any atom is 0.277 e. The summed E-state index contributed by atoms with van der Waals surface area (Å²) in [5.74, 6) is 1.11. The van der Waals surface area contributed by atoms with Crippen molar-refractivity contribution in [3.8, 4) is 17.2 Å². The van der Waals surface area contributed by atoms with Gasteiger partial charge in [-0.1, -0.05) is 18.2 Å². The number of anilines is 1. The Morgan fingerprint density at radius 1 is 1.06 bits per heavy atom. The maximum atomic E-state index is 12.9. The summed E-state index contributed by atoms with van der Waals surface area (Å²) in [4.78, 5) is 12.4. The number of hydrogen-bond acceptors (Lipinski definition) is 8. The molecule has 1 aromatic heterocycles. The van der Waals surface area contributed by atoms with Crippen molar-refractivity contribution in [2.45, 2.75) is 49.7 Å². The Hall–Kier alpha value is -3.27. The highest BCUT2D eigenvalue weighted by Crippen LogP contribution is 2.46. The minimum Gasteiger partial charge on any atom is -0.484 e. The first-order chi connectivity index (χ1) is 16.1. The number of amides is 1. The molecule has 1 aliphatic carbocycles. The summed E-state index contributed by atoms with van der Waals surface area (Å²) < 4.78 is 36.1. The molecule has 0 saturated heterocycles. The molecule has 2 aromatic carbocycles. The minimum absolute atomic E-state index is 0.0457. The average molecular weight is 472 g/mol. The van der Waals surface area contributed by atoms with E-state index >= 15 is 0 Å². The van der Waals surface area contributed by atoms with Crippen molar-refractivity contribution in [2.24, 2.45) is 0 Å². The van der Waals surface area contributed by atoms with E-state index in [0.29, 0.717) is 22.9 Å². The molecule has 33 heavy (non-hydrogen) atoms. The monoisotopic (exact) mass is 471 g/mol. The lowest BCUT2D eigenvalue weighted by Crippen LogP contribution is -2.40. The minimum atomic E-state index is -0.546. The van der Waals surface area contributed by atoms with E-state index in [-0.39, 0.29) is 35.2 Å². The van der Waals surface area contributed by atoms with Crippen molar-refractivity contribution in [1.29, 1.82) is 0 Å². The third-order valence-electron chi connectivity index (χ3n) is 5.39. The van der Waals surface area contributed by atoms with E-state index in [1.54, 1.807) is 12.1 Å². The number of thioether (sulfide) groups is 1. The third-order valence-corrected chi connectivity index (χ3v) is 6.20. The number of halogens is 1. The van der Waals surface area contributed by atoms with Crippen LogP contribution in [-0.2, 0) is 11.4 Å². The molecule has 3 aromatic rings. The van der Waals surface area contributed by atoms with Crippen LogP contribution in [0.4, 0.5) is 10.1 Å². The summed E-state index contributed by atoms with van der Waals surface area (Å²) in [5.41, 5.74) is 0.634. The Morgan fingerprint density at radius 3 is 2.67 bits per heavy atom. The first kappa shape index (κ1) is 21.6. The number of ether oxygens (including phenoxy) is 3. The number of carbonyl (C=O) groups is 1. The van der Waals surface area contributed by atoms with E-state index < -0.39 is 5.79 Å². The van der Waals surface area contributed by atoms with Crippen LogP contribution < -0.4 is 19.5 Å². The van der Waals surface area contributed by atoms with Crippen molar-refractivity contribution in [2.75, 3.05) is 11.1 Å². The molecule has 1 saturated carbocycles. The Labute approximate surface area is 193 Å². The summed E-state index contributed by atoms with van der Waals surface area (Å²) in [6.45, 7) is 0.0457. The standard InChI is InChI=1S/C23H22FN3O5S/c24-15-4-7-17(8-5-15)29-13-21-26-27-22(30-21)33-14-20(28)25-16-6-9-18-19(12-16)32-23(31-18)10-2-1-3-11-23/h4-9,12H,1-3,10-11,13-14H2,(H,25,28). The maximum absolute atomic E-state index is 12.9. The lowest BCUT2D eigenvalue weighted by Gasteiger charge is -2.31. The van der Waals surface area contributed by atoms with Crippen LogP contribution >= 0.6 is 11.8 Å². The fourth-order valence-electron chi connectivity index (χ4n) is 3.82. The fourth-order valence-corrected chi connectivity index (χ4v) is 4.40. The first-order valence-electron chi connectivity index (χ1n) is 10.7. The number of benzene rings is 2. The topological polar surface area (TPSA) is 95.7 Å². The van der Waals surface area contributed by atoms with Crippen molar-refractivity contribution in [1.82, 2.24) is 10.2 Å². The van der Waals surface area contributed by atoms with E-state index in [1.807, 2.05) is 6.07 Å². The van der Waals surface area contributed by atoms with Crippen molar-refractivity contribution < 1.29 is 27.8 Å². The van der Waals surface area contributed by atoms with Crippen LogP contribution in [0, 0.1) is 5.82 Å². The Kier molecular flexibility index (Phi) is 6.08. The molecule has 1 N–H and O–H groups in total. The molecule has 0 bridgehead atoms. The molecule has 0 atom stereocenters. The van der Waals surface area contributed by atoms with Gasteiger partial charge in [0.15, 0.2) is 18.1 Å². The van der Waals surface area contributed by atoms with Gasteiger partial charge in [0, 0.05) is 24.6 Å². The molecular weight excluding hydrogens is 449 g/mol. The number of rotatable bonds is 7. The van der Waals surface area contributed by atoms with Gasteiger partial charge in [0.2, 0.25) is 5.91 Å². The van der Waals surface area contributed by atoms with Gasteiger partial charge in [0.05, 0.1) is 5.75 Å². The lowest BCUT2D eigenvalue weighted by molar-refractivity contribution is -0.113. The van der Waals surface area contributed by atoms with Crippen LogP contribution in [0.5, 0.6) is 17.2 Å². The second-order valence-corrected chi connectivity index (χ2v) is 8.80. The van der Waals surface area contributed by atoms with Gasteiger partial charge in [-0.05, 0) is 49.2 Å². The molecule has 10 heteroatoms. The summed E-state index contributed by atoms with van der Waals surface area (Å²) in [6, 6.07) is 11.0. The van der Waals surface area contributed by atoms with Crippen LogP contribution in [0.3, 0.4) is 0 Å². The molecule has 0 unspecified atom stereocenters. The second kappa shape index (κ2) is 9.30. The van der Waals surface area contributed by atoms with Gasteiger partial charge < -0.3 is 23.9 Å². The van der Waals surface area contributed by atoms with Gasteiger partial charge in [-0.15, -0.1) is 10.2 Å². The molecule has 1 aliphatic heterocycles. The summed E-state index contributed by atoms with van der Waals surface area (Å²) >= 11 is 1.12. The average Bonchev–Trinajstić information content (AvgIpc) is 3.41. The number of nitrogens with zero attached hydrogens (tertiary/aromatic N) is 2. The van der Waals surface area contributed by atoms with E-state index in [9.17, 15) is 9.18 Å². The molecule has 2 aliphatic rings. The lowest BCUT2D eigenvalue weighted by atomic mass is 9.94. The number of carbonyl (C=O) groups excluding carboxylic acids is 1. The van der Waals surface area contributed by atoms with E-state index in [1.165, 1.54) is 30.7 Å². The fraction of sp³-hybridized carbons (Fsp3) is 0.348. The highest BCUT2D eigenvalue weighted by Gasteiger charge is 2.42. The highest BCUT2D eigenvalue weighted by molar-refractivity contribution is 7.99. The first-order valence-corrected chi connectivity index (χ1v) is 11.7. The Bertz CT molecular complexity index is 1130. The van der Waals surface area contributed by atoms with Crippen LogP contribution in [0.1, 0.15) is 38.0 Å². The summed E-state index contributed by atoms with van der Waals surface area (Å²) in [5, 5.41) is 10.9. The smallest absolute Gasteiger partial charge is 0.277 e. The highest BCUT2D eigenvalue weighted by atomic mass is 32.2. The van der Waals surface area contributed by atoms with Gasteiger partial charge in [0.1, 0.15) is 11.6 Å². The number of aromatic nitrogens is 2. The molecule has 1 spiro atoms. The Morgan fingerprint density at radius 2 is 1.85 bits per heavy atom. The SMILES string of the molecule is O=C(CSc1nnc(COc2ccc(F)cc2)o1)Nc1ccc2c(c1)OC1(CCCCC1)O2. The van der Waals surface area contributed by atoms with Gasteiger partial charge in [-0.3, -0.25) is 4.79 Å². The third kappa shape index (κ3) is 5.22. The zero-order chi connectivity index (χ0) is 22.7. The molecular formula is C23H22FN3O5S. The second-order valence-electron chi connectivity index (χ2n) is 7.88. The molecule has 1 amide bonds. The van der Waals surface area contributed by atoms with Gasteiger partial charge in [-0.2, -0.15) is 0 Å². The predicted octanol–water partition coefficient (Wildman–Crippen LogP) is 4.95. The number of nitrogens with one attached hydrogen (secondary N) is 1. The van der Waals surface area contributed by atoms with E-state index in [2.05, 4.69) is 15.5 Å². The summed E-state index contributed by atoms with van der Waals surface area (Å²) in [7, 11) is 0. The quantitative estimate of drug-likeness (QED) is 0.484. The zero-order valence-electron chi connectivity index (χ0n) is 17.7.